The number of amidine groups is 1. The van der Waals surface area contributed by atoms with Crippen LogP contribution in [0.15, 0.2) is 36.4 Å². The summed E-state index contributed by atoms with van der Waals surface area (Å²) in [6, 6.07) is 12.0. The molecule has 20 heavy (non-hydrogen) atoms. The zero-order chi connectivity index (χ0) is 14.1. The lowest BCUT2D eigenvalue weighted by Gasteiger charge is -2.21. The van der Waals surface area contributed by atoms with Gasteiger partial charge in [0, 0.05) is 42.3 Å². The Morgan fingerprint density at radius 1 is 1.25 bits per heavy atom. The van der Waals surface area contributed by atoms with Crippen LogP contribution in [0.2, 0.25) is 0 Å². The molecule has 1 heterocycles. The maximum atomic E-state index is 9.29. The molecule has 1 aliphatic heterocycles. The van der Waals surface area contributed by atoms with Gasteiger partial charge in [-0.15, -0.1) is 0 Å². The highest BCUT2D eigenvalue weighted by atomic mass is 16.3. The van der Waals surface area contributed by atoms with Crippen LogP contribution in [-0.4, -0.2) is 30.6 Å². The van der Waals surface area contributed by atoms with Crippen LogP contribution in [-0.2, 0) is 0 Å². The number of hydrogen-bond acceptors (Lipinski definition) is 3. The van der Waals surface area contributed by atoms with Gasteiger partial charge in [0.1, 0.15) is 5.84 Å². The van der Waals surface area contributed by atoms with Crippen LogP contribution in [0.1, 0.15) is 12.0 Å². The van der Waals surface area contributed by atoms with Crippen molar-refractivity contribution in [2.45, 2.75) is 6.42 Å². The molecule has 2 aromatic rings. The molecule has 0 saturated carbocycles. The molecule has 104 valence electrons. The van der Waals surface area contributed by atoms with Crippen molar-refractivity contribution in [2.24, 2.45) is 11.7 Å². The van der Waals surface area contributed by atoms with Crippen molar-refractivity contribution in [3.63, 3.8) is 0 Å². The van der Waals surface area contributed by atoms with E-state index in [-0.39, 0.29) is 12.4 Å². The third kappa shape index (κ3) is 2.12. The number of nitrogens with two attached hydrogens (primary N) is 1. The Morgan fingerprint density at radius 2 is 2.00 bits per heavy atom. The highest BCUT2D eigenvalue weighted by molar-refractivity contribution is 6.10. The molecule has 1 atom stereocenters. The summed E-state index contributed by atoms with van der Waals surface area (Å²) in [4.78, 5) is 2.31. The number of nitrogen functional groups attached to an aromatic ring is 1. The second kappa shape index (κ2) is 5.13. The van der Waals surface area contributed by atoms with Crippen molar-refractivity contribution >= 4 is 22.3 Å². The second-order valence-electron chi connectivity index (χ2n) is 5.37. The van der Waals surface area contributed by atoms with Crippen LogP contribution in [0, 0.1) is 11.3 Å². The third-order valence-electron chi connectivity index (χ3n) is 4.08. The summed E-state index contributed by atoms with van der Waals surface area (Å²) in [5.41, 5.74) is 7.61. The van der Waals surface area contributed by atoms with Gasteiger partial charge in [-0.3, -0.25) is 5.41 Å². The van der Waals surface area contributed by atoms with Crippen molar-refractivity contribution < 1.29 is 5.11 Å². The number of nitrogens with zero attached hydrogens (tertiary/aromatic N) is 1. The maximum Gasteiger partial charge on any atom is 0.123 e. The van der Waals surface area contributed by atoms with Crippen LogP contribution in [0.3, 0.4) is 0 Å². The summed E-state index contributed by atoms with van der Waals surface area (Å²) in [6.07, 6.45) is 1.03. The lowest BCUT2D eigenvalue weighted by molar-refractivity contribution is 0.238. The highest BCUT2D eigenvalue weighted by Crippen LogP contribution is 2.32. The lowest BCUT2D eigenvalue weighted by atomic mass is 10.0. The van der Waals surface area contributed by atoms with E-state index < -0.39 is 0 Å². The van der Waals surface area contributed by atoms with Crippen LogP contribution < -0.4 is 10.6 Å². The Bertz CT molecular complexity index is 653. The van der Waals surface area contributed by atoms with Gasteiger partial charge in [0.25, 0.3) is 0 Å². The molecule has 1 saturated heterocycles. The average Bonchev–Trinajstić information content (AvgIpc) is 2.94. The predicted octanol–water partition coefficient (Wildman–Crippen LogP) is 1.94. The van der Waals surface area contributed by atoms with Gasteiger partial charge in [0.15, 0.2) is 0 Å². The van der Waals surface area contributed by atoms with Crippen LogP contribution in [0.4, 0.5) is 5.69 Å². The topological polar surface area (TPSA) is 73.3 Å². The minimum atomic E-state index is 0.0995. The fraction of sp³-hybridized carbons (Fsp3) is 0.312. The quantitative estimate of drug-likeness (QED) is 0.589. The van der Waals surface area contributed by atoms with Crippen LogP contribution >= 0.6 is 0 Å². The number of aliphatic hydroxyl groups excluding tert-OH is 1. The van der Waals surface area contributed by atoms with Gasteiger partial charge < -0.3 is 15.7 Å². The lowest BCUT2D eigenvalue weighted by Crippen LogP contribution is -2.21. The minimum absolute atomic E-state index is 0.0995. The molecule has 0 aliphatic carbocycles. The van der Waals surface area contributed by atoms with E-state index in [1.807, 2.05) is 30.3 Å². The van der Waals surface area contributed by atoms with Crippen molar-refractivity contribution in [1.29, 1.82) is 5.41 Å². The minimum Gasteiger partial charge on any atom is -0.396 e. The smallest absolute Gasteiger partial charge is 0.123 e. The van der Waals surface area contributed by atoms with E-state index in [1.165, 1.54) is 5.69 Å². The molecule has 0 bridgehead atoms. The fourth-order valence-electron chi connectivity index (χ4n) is 2.99. The molecule has 4 N–H and O–H groups in total. The van der Waals surface area contributed by atoms with Gasteiger partial charge >= 0.3 is 0 Å². The number of anilines is 1. The van der Waals surface area contributed by atoms with Crippen molar-refractivity contribution in [3.8, 4) is 0 Å². The van der Waals surface area contributed by atoms with Crippen LogP contribution in [0.5, 0.6) is 0 Å². The van der Waals surface area contributed by atoms with Crippen molar-refractivity contribution in [2.75, 3.05) is 24.6 Å². The van der Waals surface area contributed by atoms with Crippen LogP contribution in [0.25, 0.3) is 10.8 Å². The first-order valence-electron chi connectivity index (χ1n) is 6.92. The fourth-order valence-corrected chi connectivity index (χ4v) is 2.99. The number of fused-ring (bicyclic) bond motifs is 1. The molecular weight excluding hydrogens is 250 g/mol. The normalized spacial score (nSPS) is 18.6. The molecular formula is C16H19N3O. The van der Waals surface area contributed by atoms with E-state index in [0.717, 1.165) is 35.8 Å². The first-order valence-corrected chi connectivity index (χ1v) is 6.92. The number of hydrogen-bond donors (Lipinski definition) is 3. The Labute approximate surface area is 118 Å². The Hall–Kier alpha value is -2.07. The summed E-state index contributed by atoms with van der Waals surface area (Å²) in [5, 5.41) is 19.1. The molecule has 0 radical (unpaired) electrons. The molecule has 1 aliphatic rings. The summed E-state index contributed by atoms with van der Waals surface area (Å²) >= 11 is 0. The van der Waals surface area contributed by atoms with E-state index in [2.05, 4.69) is 11.0 Å². The molecule has 4 nitrogen and oxygen atoms in total. The SMILES string of the molecule is N=C(N)c1ccc(N2CCC(CO)C2)c2ccccc12. The molecule has 0 aromatic heterocycles. The molecule has 0 spiro atoms. The second-order valence-corrected chi connectivity index (χ2v) is 5.37. The van der Waals surface area contributed by atoms with E-state index in [4.69, 9.17) is 11.1 Å². The van der Waals surface area contributed by atoms with Gasteiger partial charge in [-0.2, -0.15) is 0 Å². The van der Waals surface area contributed by atoms with Gasteiger partial charge in [0.05, 0.1) is 0 Å². The predicted molar refractivity (Wildman–Crippen MR) is 82.4 cm³/mol. The van der Waals surface area contributed by atoms with Gasteiger partial charge in [-0.1, -0.05) is 24.3 Å². The zero-order valence-corrected chi connectivity index (χ0v) is 11.3. The monoisotopic (exact) mass is 269 g/mol. The molecule has 1 unspecified atom stereocenters. The summed E-state index contributed by atoms with van der Waals surface area (Å²) in [6.45, 7) is 2.11. The van der Waals surface area contributed by atoms with Gasteiger partial charge in [-0.25, -0.2) is 0 Å². The zero-order valence-electron chi connectivity index (χ0n) is 11.3. The maximum absolute atomic E-state index is 9.29. The van der Waals surface area contributed by atoms with E-state index in [0.29, 0.717) is 5.92 Å². The van der Waals surface area contributed by atoms with E-state index in [9.17, 15) is 5.11 Å². The average molecular weight is 269 g/mol. The van der Waals surface area contributed by atoms with Gasteiger partial charge in [0.2, 0.25) is 0 Å². The number of aliphatic hydroxyl groups is 1. The van der Waals surface area contributed by atoms with Crippen molar-refractivity contribution in [3.05, 3.63) is 42.0 Å². The summed E-state index contributed by atoms with van der Waals surface area (Å²) < 4.78 is 0. The molecule has 3 rings (SSSR count). The first kappa shape index (κ1) is 12.9. The Kier molecular flexibility index (Phi) is 3.32. The largest absolute Gasteiger partial charge is 0.396 e. The molecule has 4 heteroatoms. The summed E-state index contributed by atoms with van der Waals surface area (Å²) in [7, 11) is 0. The molecule has 0 amide bonds. The third-order valence-corrected chi connectivity index (χ3v) is 4.08. The first-order chi connectivity index (χ1) is 9.70. The van der Waals surface area contributed by atoms with E-state index >= 15 is 0 Å². The number of rotatable bonds is 3. The molecule has 2 aromatic carbocycles. The summed E-state index contributed by atoms with van der Waals surface area (Å²) in [5.74, 6) is 0.462. The van der Waals surface area contributed by atoms with Gasteiger partial charge in [-0.05, 0) is 23.9 Å². The Balaban J connectivity index is 2.09. The van der Waals surface area contributed by atoms with Crippen molar-refractivity contribution in [1.82, 2.24) is 0 Å². The number of benzene rings is 2. The molecule has 1 fully saturated rings. The Morgan fingerprint density at radius 3 is 2.65 bits per heavy atom. The van der Waals surface area contributed by atoms with E-state index in [1.54, 1.807) is 0 Å². The number of nitrogens with one attached hydrogen (secondary N) is 1. The standard InChI is InChI=1S/C16H19N3O/c17-16(18)14-5-6-15(13-4-2-1-3-12(13)14)19-8-7-11(9-19)10-20/h1-6,11,20H,7-10H2,(H3,17,18). The highest BCUT2D eigenvalue weighted by Gasteiger charge is 2.23.